The number of aromatic nitrogens is 1. The molecular formula is C20H19ClN2O4S2. The lowest BCUT2D eigenvalue weighted by atomic mass is 10.1. The smallest absolute Gasteiger partial charge is 0.257 e. The third-order valence-corrected chi connectivity index (χ3v) is 7.00. The molecule has 6 nitrogen and oxygen atoms in total. The summed E-state index contributed by atoms with van der Waals surface area (Å²) in [7, 11) is -1.99. The highest BCUT2D eigenvalue weighted by Crippen LogP contribution is 2.31. The number of methoxy groups -OCH3 is 1. The average Bonchev–Trinajstić information content (AvgIpc) is 3.07. The number of halogens is 1. The van der Waals surface area contributed by atoms with Gasteiger partial charge in [-0.15, -0.1) is 11.3 Å². The van der Waals surface area contributed by atoms with E-state index < -0.39 is 9.84 Å². The molecule has 0 saturated carbocycles. The van der Waals surface area contributed by atoms with Gasteiger partial charge in [0.2, 0.25) is 0 Å². The van der Waals surface area contributed by atoms with Crippen molar-refractivity contribution in [2.45, 2.75) is 11.8 Å². The summed E-state index contributed by atoms with van der Waals surface area (Å²) >= 11 is 7.29. The van der Waals surface area contributed by atoms with E-state index >= 15 is 0 Å². The third kappa shape index (κ3) is 5.22. The number of rotatable bonds is 7. The van der Waals surface area contributed by atoms with Crippen molar-refractivity contribution in [3.8, 4) is 11.3 Å². The van der Waals surface area contributed by atoms with Crippen molar-refractivity contribution < 1.29 is 17.9 Å². The summed E-state index contributed by atoms with van der Waals surface area (Å²) in [6.45, 7) is 2.04. The van der Waals surface area contributed by atoms with Crippen molar-refractivity contribution in [2.75, 3.05) is 24.8 Å². The SMILES string of the molecule is COCCS(=O)(=O)c1ccc(C(=O)Nc2nc(-c3ccc(Cl)cc3)c(C)s2)cc1. The predicted octanol–water partition coefficient (Wildman–Crippen LogP) is 4.44. The van der Waals surface area contributed by atoms with Crippen LogP contribution in [0.15, 0.2) is 53.4 Å². The number of benzene rings is 2. The number of carbonyl (C=O) groups is 1. The molecule has 0 aliphatic heterocycles. The first kappa shape index (κ1) is 21.4. The first-order valence-corrected chi connectivity index (χ1v) is 11.5. The van der Waals surface area contributed by atoms with Crippen LogP contribution in [0.1, 0.15) is 15.2 Å². The fourth-order valence-corrected chi connectivity index (χ4v) is 4.75. The molecule has 0 aliphatic rings. The number of nitrogens with zero attached hydrogens (tertiary/aromatic N) is 1. The number of thiazole rings is 1. The Morgan fingerprint density at radius 3 is 2.41 bits per heavy atom. The molecule has 0 bridgehead atoms. The van der Waals surface area contributed by atoms with Gasteiger partial charge in [-0.2, -0.15) is 0 Å². The summed E-state index contributed by atoms with van der Waals surface area (Å²) in [5, 5.41) is 3.87. The second-order valence-electron chi connectivity index (χ2n) is 6.22. The van der Waals surface area contributed by atoms with Crippen LogP contribution in [0, 0.1) is 6.92 Å². The second kappa shape index (κ2) is 9.04. The van der Waals surface area contributed by atoms with E-state index in [9.17, 15) is 13.2 Å². The van der Waals surface area contributed by atoms with E-state index in [0.717, 1.165) is 16.1 Å². The molecule has 3 aromatic rings. The van der Waals surface area contributed by atoms with Gasteiger partial charge < -0.3 is 4.74 Å². The van der Waals surface area contributed by atoms with Crippen molar-refractivity contribution in [3.05, 3.63) is 64.0 Å². The number of ether oxygens (including phenoxy) is 1. The van der Waals surface area contributed by atoms with Gasteiger partial charge in [-0.1, -0.05) is 23.7 Å². The molecule has 9 heteroatoms. The van der Waals surface area contributed by atoms with Crippen molar-refractivity contribution in [1.29, 1.82) is 0 Å². The summed E-state index contributed by atoms with van der Waals surface area (Å²) in [6.07, 6.45) is 0. The Morgan fingerprint density at radius 1 is 1.14 bits per heavy atom. The molecule has 1 aromatic heterocycles. The molecule has 0 saturated heterocycles. The lowest BCUT2D eigenvalue weighted by Crippen LogP contribution is -2.14. The molecule has 3 rings (SSSR count). The molecule has 0 spiro atoms. The molecule has 1 N–H and O–H groups in total. The number of carbonyl (C=O) groups excluding carboxylic acids is 1. The number of aryl methyl sites for hydroxylation is 1. The van der Waals surface area contributed by atoms with Crippen molar-refractivity contribution >= 4 is 43.8 Å². The molecule has 0 fully saturated rings. The number of nitrogens with one attached hydrogen (secondary N) is 1. The third-order valence-electron chi connectivity index (χ3n) is 4.17. The Bertz CT molecular complexity index is 1110. The summed E-state index contributed by atoms with van der Waals surface area (Å²) in [6, 6.07) is 13.1. The van der Waals surface area contributed by atoms with E-state index in [0.29, 0.717) is 15.7 Å². The van der Waals surface area contributed by atoms with E-state index in [1.165, 1.54) is 42.7 Å². The predicted molar refractivity (Wildman–Crippen MR) is 116 cm³/mol. The van der Waals surface area contributed by atoms with Gasteiger partial charge in [0.15, 0.2) is 15.0 Å². The lowest BCUT2D eigenvalue weighted by Gasteiger charge is -2.06. The maximum Gasteiger partial charge on any atom is 0.257 e. The van der Waals surface area contributed by atoms with Gasteiger partial charge in [-0.25, -0.2) is 13.4 Å². The largest absolute Gasteiger partial charge is 0.384 e. The van der Waals surface area contributed by atoms with Crippen molar-refractivity contribution in [1.82, 2.24) is 4.98 Å². The first-order valence-electron chi connectivity index (χ1n) is 8.66. The molecule has 152 valence electrons. The molecule has 2 aromatic carbocycles. The zero-order chi connectivity index (χ0) is 21.0. The normalized spacial score (nSPS) is 11.4. The van der Waals surface area contributed by atoms with E-state index in [1.807, 2.05) is 19.1 Å². The molecule has 29 heavy (non-hydrogen) atoms. The summed E-state index contributed by atoms with van der Waals surface area (Å²) in [4.78, 5) is 18.1. The van der Waals surface area contributed by atoms with Crippen LogP contribution in [-0.4, -0.2) is 38.8 Å². The van der Waals surface area contributed by atoms with Crippen LogP contribution in [0.5, 0.6) is 0 Å². The van der Waals surface area contributed by atoms with Crippen molar-refractivity contribution in [3.63, 3.8) is 0 Å². The maximum atomic E-state index is 12.5. The van der Waals surface area contributed by atoms with Gasteiger partial charge in [0.25, 0.3) is 5.91 Å². The summed E-state index contributed by atoms with van der Waals surface area (Å²) in [5.74, 6) is -0.469. The monoisotopic (exact) mass is 450 g/mol. The van der Waals surface area contributed by atoms with E-state index in [2.05, 4.69) is 10.3 Å². The number of anilines is 1. The number of hydrogen-bond donors (Lipinski definition) is 1. The van der Waals surface area contributed by atoms with Gasteiger partial charge in [0.05, 0.1) is 22.9 Å². The van der Waals surface area contributed by atoms with Crippen LogP contribution in [0.25, 0.3) is 11.3 Å². The molecule has 0 unspecified atom stereocenters. The Hall–Kier alpha value is -2.26. The van der Waals surface area contributed by atoms with Crippen LogP contribution in [0.3, 0.4) is 0 Å². The minimum atomic E-state index is -3.44. The molecule has 0 atom stereocenters. The van der Waals surface area contributed by atoms with Gasteiger partial charge in [-0.3, -0.25) is 10.1 Å². The fourth-order valence-electron chi connectivity index (χ4n) is 2.62. The minimum absolute atomic E-state index is 0.110. The van der Waals surface area contributed by atoms with Gasteiger partial charge in [0, 0.05) is 28.1 Å². The molecule has 0 aliphatic carbocycles. The van der Waals surface area contributed by atoms with Crippen LogP contribution < -0.4 is 5.32 Å². The highest BCUT2D eigenvalue weighted by molar-refractivity contribution is 7.91. The van der Waals surface area contributed by atoms with Crippen LogP contribution in [-0.2, 0) is 14.6 Å². The maximum absolute atomic E-state index is 12.5. The zero-order valence-electron chi connectivity index (χ0n) is 15.8. The van der Waals surface area contributed by atoms with Crippen LogP contribution in [0.4, 0.5) is 5.13 Å². The minimum Gasteiger partial charge on any atom is -0.384 e. The highest BCUT2D eigenvalue weighted by Gasteiger charge is 2.16. The van der Waals surface area contributed by atoms with E-state index in [4.69, 9.17) is 16.3 Å². The number of amides is 1. The Labute approximate surface area is 178 Å². The zero-order valence-corrected chi connectivity index (χ0v) is 18.2. The van der Waals surface area contributed by atoms with Crippen LogP contribution >= 0.6 is 22.9 Å². The van der Waals surface area contributed by atoms with Gasteiger partial charge in [0.1, 0.15) is 0 Å². The first-order chi connectivity index (χ1) is 13.8. The van der Waals surface area contributed by atoms with E-state index in [-0.39, 0.29) is 23.2 Å². The molecular weight excluding hydrogens is 432 g/mol. The summed E-state index contributed by atoms with van der Waals surface area (Å²) in [5.41, 5.74) is 2.03. The highest BCUT2D eigenvalue weighted by atomic mass is 35.5. The molecule has 1 heterocycles. The van der Waals surface area contributed by atoms with Crippen molar-refractivity contribution in [2.24, 2.45) is 0 Å². The second-order valence-corrected chi connectivity index (χ2v) is 9.97. The standard InChI is InChI=1S/C20H19ClN2O4S2/c1-13-18(14-3-7-16(21)8-4-14)22-20(28-13)23-19(24)15-5-9-17(10-6-15)29(25,26)12-11-27-2/h3-10H,11-12H2,1-2H3,(H,22,23,24). The van der Waals surface area contributed by atoms with Crippen LogP contribution in [0.2, 0.25) is 5.02 Å². The fraction of sp³-hybridized carbons (Fsp3) is 0.200. The Morgan fingerprint density at radius 2 is 1.79 bits per heavy atom. The van der Waals surface area contributed by atoms with E-state index in [1.54, 1.807) is 12.1 Å². The summed E-state index contributed by atoms with van der Waals surface area (Å²) < 4.78 is 29.1. The number of hydrogen-bond acceptors (Lipinski definition) is 6. The topological polar surface area (TPSA) is 85.4 Å². The average molecular weight is 451 g/mol. The lowest BCUT2D eigenvalue weighted by molar-refractivity contribution is 0.102. The van der Waals surface area contributed by atoms with Gasteiger partial charge >= 0.3 is 0 Å². The Balaban J connectivity index is 1.74. The van der Waals surface area contributed by atoms with Gasteiger partial charge in [-0.05, 0) is 43.3 Å². The molecule has 1 amide bonds. The Kier molecular flexibility index (Phi) is 6.69. The molecule has 0 radical (unpaired) electrons. The quantitative estimate of drug-likeness (QED) is 0.575. The number of sulfone groups is 1.